The van der Waals surface area contributed by atoms with Crippen LogP contribution in [0, 0.1) is 5.92 Å². The fraction of sp³-hybridized carbons (Fsp3) is 0.318. The van der Waals surface area contributed by atoms with Crippen LogP contribution in [0.25, 0.3) is 0 Å². The third-order valence-electron chi connectivity index (χ3n) is 4.96. The maximum Gasteiger partial charge on any atom is 0.410 e. The van der Waals surface area contributed by atoms with Crippen molar-refractivity contribution in [2.24, 2.45) is 5.92 Å². The van der Waals surface area contributed by atoms with Crippen LogP contribution in [0.2, 0.25) is 0 Å². The van der Waals surface area contributed by atoms with Gasteiger partial charge in [-0.25, -0.2) is 4.79 Å². The Morgan fingerprint density at radius 2 is 1.63 bits per heavy atom. The van der Waals surface area contributed by atoms with Crippen molar-refractivity contribution < 1.29 is 19.1 Å². The van der Waals surface area contributed by atoms with Crippen molar-refractivity contribution in [1.82, 2.24) is 4.90 Å². The third-order valence-corrected chi connectivity index (χ3v) is 4.96. The molecule has 1 aliphatic rings. The largest absolute Gasteiger partial charge is 0.445 e. The van der Waals surface area contributed by atoms with E-state index in [1.54, 1.807) is 0 Å². The van der Waals surface area contributed by atoms with Gasteiger partial charge in [0.25, 0.3) is 0 Å². The first kappa shape index (κ1) is 18.8. The Hall–Kier alpha value is -2.95. The van der Waals surface area contributed by atoms with Gasteiger partial charge in [0.1, 0.15) is 24.1 Å². The predicted molar refractivity (Wildman–Crippen MR) is 101 cm³/mol. The van der Waals surface area contributed by atoms with Gasteiger partial charge in [0.15, 0.2) is 0 Å². The van der Waals surface area contributed by atoms with Crippen LogP contribution in [0.4, 0.5) is 4.79 Å². The molecule has 0 N–H and O–H groups in total. The molecule has 0 bridgehead atoms. The zero-order valence-corrected chi connectivity index (χ0v) is 15.6. The number of amides is 1. The normalized spacial score (nSPS) is 16.0. The second-order valence-corrected chi connectivity index (χ2v) is 6.83. The Balaban J connectivity index is 1.89. The molecule has 1 atom stereocenters. The molecule has 0 fully saturated rings. The molecule has 0 spiro atoms. The molecular formula is C22H23NO4. The van der Waals surface area contributed by atoms with Crippen LogP contribution >= 0.6 is 0 Å². The van der Waals surface area contributed by atoms with Crippen LogP contribution in [0.3, 0.4) is 0 Å². The highest BCUT2D eigenvalue weighted by molar-refractivity contribution is 6.01. The first-order chi connectivity index (χ1) is 13.0. The molecule has 5 nitrogen and oxygen atoms in total. The van der Waals surface area contributed by atoms with Crippen LogP contribution in [0.5, 0.6) is 0 Å². The van der Waals surface area contributed by atoms with E-state index in [-0.39, 0.29) is 18.2 Å². The summed E-state index contributed by atoms with van der Waals surface area (Å²) in [5, 5.41) is 0. The second kappa shape index (κ2) is 8.16. The highest BCUT2D eigenvalue weighted by atomic mass is 16.6. The Kier molecular flexibility index (Phi) is 5.69. The highest BCUT2D eigenvalue weighted by Crippen LogP contribution is 2.36. The van der Waals surface area contributed by atoms with Crippen LogP contribution in [-0.2, 0) is 27.4 Å². The minimum atomic E-state index is -0.893. The summed E-state index contributed by atoms with van der Waals surface area (Å²) in [6, 6.07) is 16.4. The Labute approximate surface area is 158 Å². The summed E-state index contributed by atoms with van der Waals surface area (Å²) < 4.78 is 5.49. The van der Waals surface area contributed by atoms with Gasteiger partial charge in [-0.3, -0.25) is 14.5 Å². The molecule has 0 saturated heterocycles. The number of hydrogen-bond donors (Lipinski definition) is 0. The lowest BCUT2D eigenvalue weighted by Crippen LogP contribution is -2.46. The van der Waals surface area contributed by atoms with Gasteiger partial charge in [0.2, 0.25) is 0 Å². The summed E-state index contributed by atoms with van der Waals surface area (Å²) in [4.78, 5) is 38.8. The number of fused-ring (bicyclic) bond motifs is 1. The lowest BCUT2D eigenvalue weighted by atomic mass is 9.81. The lowest BCUT2D eigenvalue weighted by Gasteiger charge is -2.39. The van der Waals surface area contributed by atoms with Crippen LogP contribution in [-0.4, -0.2) is 29.1 Å². The Morgan fingerprint density at radius 1 is 1.00 bits per heavy atom. The second-order valence-electron chi connectivity index (χ2n) is 6.83. The van der Waals surface area contributed by atoms with Gasteiger partial charge in [0, 0.05) is 6.54 Å². The van der Waals surface area contributed by atoms with Crippen molar-refractivity contribution in [3.8, 4) is 0 Å². The minimum Gasteiger partial charge on any atom is -0.445 e. The quantitative estimate of drug-likeness (QED) is 0.758. The predicted octanol–water partition coefficient (Wildman–Crippen LogP) is 3.72. The standard InChI is InChI=1S/C22H23NO4/c1-15(24)20(16(2)25)21-19-11-7-6-10-18(19)12-13-23(21)22(26)27-14-17-8-4-3-5-9-17/h3-11,20-21H,12-14H2,1-2H3. The average Bonchev–Trinajstić information content (AvgIpc) is 2.66. The first-order valence-electron chi connectivity index (χ1n) is 9.05. The van der Waals surface area contributed by atoms with E-state index in [9.17, 15) is 14.4 Å². The monoisotopic (exact) mass is 365 g/mol. The average molecular weight is 365 g/mol. The van der Waals surface area contributed by atoms with Gasteiger partial charge >= 0.3 is 6.09 Å². The lowest BCUT2D eigenvalue weighted by molar-refractivity contribution is -0.133. The Bertz CT molecular complexity index is 832. The molecule has 1 unspecified atom stereocenters. The number of carbonyl (C=O) groups excluding carboxylic acids is 3. The summed E-state index contributed by atoms with van der Waals surface area (Å²) in [6.45, 7) is 3.36. The number of ether oxygens (including phenoxy) is 1. The number of benzene rings is 2. The van der Waals surface area contributed by atoms with Crippen molar-refractivity contribution in [2.45, 2.75) is 32.9 Å². The van der Waals surface area contributed by atoms with Gasteiger partial charge < -0.3 is 4.74 Å². The molecule has 1 amide bonds. The van der Waals surface area contributed by atoms with Gasteiger partial charge in [0.05, 0.1) is 6.04 Å². The number of carbonyl (C=O) groups is 3. The van der Waals surface area contributed by atoms with Crippen molar-refractivity contribution in [1.29, 1.82) is 0 Å². The van der Waals surface area contributed by atoms with Gasteiger partial charge in [-0.2, -0.15) is 0 Å². The van der Waals surface area contributed by atoms with E-state index >= 15 is 0 Å². The van der Waals surface area contributed by atoms with Crippen LogP contribution in [0.1, 0.15) is 36.6 Å². The molecule has 1 heterocycles. The Morgan fingerprint density at radius 3 is 2.30 bits per heavy atom. The van der Waals surface area contributed by atoms with Gasteiger partial charge in [-0.1, -0.05) is 54.6 Å². The molecule has 0 saturated carbocycles. The van der Waals surface area contributed by atoms with Crippen molar-refractivity contribution >= 4 is 17.7 Å². The SMILES string of the molecule is CC(=O)C(C(C)=O)C1c2ccccc2CCN1C(=O)OCc1ccccc1. The van der Waals surface area contributed by atoms with E-state index in [1.165, 1.54) is 18.7 Å². The summed E-state index contributed by atoms with van der Waals surface area (Å²) >= 11 is 0. The van der Waals surface area contributed by atoms with Crippen LogP contribution < -0.4 is 0 Å². The van der Waals surface area contributed by atoms with Gasteiger partial charge in [-0.05, 0) is 37.0 Å². The maximum atomic E-state index is 12.8. The summed E-state index contributed by atoms with van der Waals surface area (Å²) in [5.41, 5.74) is 2.78. The molecule has 0 aromatic heterocycles. The van der Waals surface area contributed by atoms with E-state index in [0.717, 1.165) is 16.7 Å². The van der Waals surface area contributed by atoms with E-state index in [0.29, 0.717) is 13.0 Å². The molecule has 5 heteroatoms. The molecule has 1 aliphatic heterocycles. The zero-order chi connectivity index (χ0) is 19.4. The summed E-state index contributed by atoms with van der Waals surface area (Å²) in [6.07, 6.45) is 0.154. The number of nitrogens with zero attached hydrogens (tertiary/aromatic N) is 1. The molecule has 2 aromatic carbocycles. The van der Waals surface area contributed by atoms with Crippen molar-refractivity contribution in [3.05, 3.63) is 71.3 Å². The molecule has 3 rings (SSSR count). The van der Waals surface area contributed by atoms with Crippen molar-refractivity contribution in [2.75, 3.05) is 6.54 Å². The fourth-order valence-corrected chi connectivity index (χ4v) is 3.70. The minimum absolute atomic E-state index is 0.148. The zero-order valence-electron chi connectivity index (χ0n) is 15.6. The molecule has 140 valence electrons. The summed E-state index contributed by atoms with van der Waals surface area (Å²) in [7, 11) is 0. The van der Waals surface area contributed by atoms with Crippen LogP contribution in [0.15, 0.2) is 54.6 Å². The maximum absolute atomic E-state index is 12.8. The molecule has 2 aromatic rings. The van der Waals surface area contributed by atoms with E-state index in [4.69, 9.17) is 4.74 Å². The molecular weight excluding hydrogens is 342 g/mol. The fourth-order valence-electron chi connectivity index (χ4n) is 3.70. The van der Waals surface area contributed by atoms with Crippen molar-refractivity contribution in [3.63, 3.8) is 0 Å². The molecule has 27 heavy (non-hydrogen) atoms. The van der Waals surface area contributed by atoms with E-state index in [1.807, 2.05) is 54.6 Å². The number of rotatable bonds is 5. The molecule has 0 radical (unpaired) electrons. The van der Waals surface area contributed by atoms with Gasteiger partial charge in [-0.15, -0.1) is 0 Å². The third kappa shape index (κ3) is 4.08. The highest BCUT2D eigenvalue weighted by Gasteiger charge is 2.41. The number of Topliss-reactive ketones (excluding diaryl/α,β-unsaturated/α-hetero) is 2. The van der Waals surface area contributed by atoms with E-state index < -0.39 is 18.1 Å². The summed E-state index contributed by atoms with van der Waals surface area (Å²) in [5.74, 6) is -1.38. The molecule has 0 aliphatic carbocycles. The smallest absolute Gasteiger partial charge is 0.410 e. The number of hydrogen-bond acceptors (Lipinski definition) is 4. The van der Waals surface area contributed by atoms with E-state index in [2.05, 4.69) is 0 Å². The number of ketones is 2. The first-order valence-corrected chi connectivity index (χ1v) is 9.05. The topological polar surface area (TPSA) is 63.7 Å².